The molecule has 0 saturated heterocycles. The van der Waals surface area contributed by atoms with Crippen LogP contribution >= 0.6 is 22.6 Å². The Labute approximate surface area is 131 Å². The van der Waals surface area contributed by atoms with E-state index in [-0.39, 0.29) is 5.91 Å². The van der Waals surface area contributed by atoms with Crippen LogP contribution in [0.5, 0.6) is 5.75 Å². The molecular formula is C15H14INO3. The molecule has 0 fully saturated rings. The minimum Gasteiger partial charge on any atom is -0.496 e. The van der Waals surface area contributed by atoms with Gasteiger partial charge in [0.2, 0.25) is 5.91 Å². The van der Waals surface area contributed by atoms with Gasteiger partial charge in [0, 0.05) is 18.2 Å². The lowest BCUT2D eigenvalue weighted by molar-refractivity contribution is -0.116. The molecule has 1 N–H and O–H groups in total. The van der Waals surface area contributed by atoms with E-state index >= 15 is 0 Å². The number of methoxy groups -OCH3 is 1. The number of nitrogens with one attached hydrogen (secondary N) is 1. The summed E-state index contributed by atoms with van der Waals surface area (Å²) < 4.78 is 11.3. The van der Waals surface area contributed by atoms with Crippen LogP contribution in [0.2, 0.25) is 0 Å². The zero-order valence-electron chi connectivity index (χ0n) is 10.9. The summed E-state index contributed by atoms with van der Waals surface area (Å²) in [6, 6.07) is 11.2. The van der Waals surface area contributed by atoms with E-state index in [1.165, 1.54) is 6.08 Å². The Morgan fingerprint density at radius 2 is 2.15 bits per heavy atom. The molecule has 0 atom stereocenters. The summed E-state index contributed by atoms with van der Waals surface area (Å²) >= 11 is 2.07. The van der Waals surface area contributed by atoms with E-state index in [0.717, 1.165) is 15.1 Å². The van der Waals surface area contributed by atoms with E-state index in [4.69, 9.17) is 9.15 Å². The molecule has 0 spiro atoms. The number of furan rings is 1. The number of carbonyl (C=O) groups is 1. The lowest BCUT2D eigenvalue weighted by Gasteiger charge is -2.08. The van der Waals surface area contributed by atoms with Crippen molar-refractivity contribution in [1.82, 2.24) is 5.32 Å². The first-order chi connectivity index (χ1) is 9.69. The number of hydrogen-bond donors (Lipinski definition) is 1. The minimum absolute atomic E-state index is 0.178. The number of halogens is 1. The van der Waals surface area contributed by atoms with E-state index in [2.05, 4.69) is 27.9 Å². The fourth-order valence-electron chi connectivity index (χ4n) is 1.67. The van der Waals surface area contributed by atoms with Gasteiger partial charge in [0.1, 0.15) is 11.5 Å². The van der Waals surface area contributed by atoms with Crippen LogP contribution in [-0.2, 0) is 11.3 Å². The summed E-state index contributed by atoms with van der Waals surface area (Å²) in [7, 11) is 1.61. The standard InChI is InChI=1S/C15H14INO3/c1-19-13-5-3-2-4-11(13)10-17-15(18)9-7-12-6-8-14(16)20-12/h2-9H,10H2,1H3,(H,17,18). The Kier molecular flexibility index (Phi) is 5.23. The van der Waals surface area contributed by atoms with Crippen molar-refractivity contribution in [2.45, 2.75) is 6.54 Å². The third-order valence-corrected chi connectivity index (χ3v) is 3.22. The van der Waals surface area contributed by atoms with Crippen molar-refractivity contribution >= 4 is 34.6 Å². The molecule has 20 heavy (non-hydrogen) atoms. The van der Waals surface area contributed by atoms with Crippen LogP contribution in [0.15, 0.2) is 46.9 Å². The maximum absolute atomic E-state index is 11.7. The first kappa shape index (κ1) is 14.6. The molecule has 0 aliphatic carbocycles. The normalized spacial score (nSPS) is 10.7. The van der Waals surface area contributed by atoms with Gasteiger partial charge < -0.3 is 14.5 Å². The molecule has 0 saturated carbocycles. The second-order valence-corrected chi connectivity index (χ2v) is 5.07. The number of hydrogen-bond acceptors (Lipinski definition) is 3. The van der Waals surface area contributed by atoms with Crippen molar-refractivity contribution in [3.63, 3.8) is 0 Å². The van der Waals surface area contributed by atoms with Crippen molar-refractivity contribution < 1.29 is 13.9 Å². The average Bonchev–Trinajstić information content (AvgIpc) is 2.89. The highest BCUT2D eigenvalue weighted by molar-refractivity contribution is 14.1. The lowest BCUT2D eigenvalue weighted by atomic mass is 10.2. The molecule has 2 rings (SSSR count). The topological polar surface area (TPSA) is 51.5 Å². The van der Waals surface area contributed by atoms with Gasteiger partial charge in [-0.1, -0.05) is 18.2 Å². The molecule has 0 radical (unpaired) electrons. The molecule has 1 aromatic carbocycles. The van der Waals surface area contributed by atoms with Crippen LogP contribution in [0, 0.1) is 3.77 Å². The fourth-order valence-corrected chi connectivity index (χ4v) is 2.10. The van der Waals surface area contributed by atoms with Crippen LogP contribution in [0.25, 0.3) is 6.08 Å². The Hall–Kier alpha value is -1.76. The summed E-state index contributed by atoms with van der Waals surface area (Å²) in [6.07, 6.45) is 3.09. The highest BCUT2D eigenvalue weighted by Crippen LogP contribution is 2.16. The monoisotopic (exact) mass is 383 g/mol. The SMILES string of the molecule is COc1ccccc1CNC(=O)C=Cc1ccc(I)o1. The smallest absolute Gasteiger partial charge is 0.244 e. The van der Waals surface area contributed by atoms with Crippen LogP contribution in [0.3, 0.4) is 0 Å². The molecule has 0 unspecified atom stereocenters. The van der Waals surface area contributed by atoms with Gasteiger partial charge in [0.25, 0.3) is 0 Å². The minimum atomic E-state index is -0.178. The molecule has 1 heterocycles. The predicted molar refractivity (Wildman–Crippen MR) is 85.3 cm³/mol. The zero-order valence-corrected chi connectivity index (χ0v) is 13.1. The highest BCUT2D eigenvalue weighted by atomic mass is 127. The molecule has 104 valence electrons. The molecule has 1 aromatic heterocycles. The van der Waals surface area contributed by atoms with Gasteiger partial charge in [-0.15, -0.1) is 0 Å². The summed E-state index contributed by atoms with van der Waals surface area (Å²) in [5, 5.41) is 2.80. The van der Waals surface area contributed by atoms with Crippen LogP contribution in [-0.4, -0.2) is 13.0 Å². The third kappa shape index (κ3) is 4.12. The Morgan fingerprint density at radius 1 is 1.35 bits per heavy atom. The Balaban J connectivity index is 1.90. The number of carbonyl (C=O) groups excluding carboxylic acids is 1. The second-order valence-electron chi connectivity index (χ2n) is 4.00. The van der Waals surface area contributed by atoms with Crippen LogP contribution < -0.4 is 10.1 Å². The molecule has 4 nitrogen and oxygen atoms in total. The van der Waals surface area contributed by atoms with E-state index in [1.54, 1.807) is 13.2 Å². The molecule has 5 heteroatoms. The zero-order chi connectivity index (χ0) is 14.4. The summed E-state index contributed by atoms with van der Waals surface area (Å²) in [5.41, 5.74) is 0.935. The van der Waals surface area contributed by atoms with Gasteiger partial charge >= 0.3 is 0 Å². The molecule has 2 aromatic rings. The summed E-state index contributed by atoms with van der Waals surface area (Å²) in [5.74, 6) is 1.24. The molecule has 0 bridgehead atoms. The van der Waals surface area contributed by atoms with Gasteiger partial charge in [-0.2, -0.15) is 0 Å². The van der Waals surface area contributed by atoms with Crippen molar-refractivity contribution in [1.29, 1.82) is 0 Å². The average molecular weight is 383 g/mol. The number of ether oxygens (including phenoxy) is 1. The summed E-state index contributed by atoms with van der Waals surface area (Å²) in [4.78, 5) is 11.7. The van der Waals surface area contributed by atoms with Gasteiger partial charge in [0.15, 0.2) is 3.77 Å². The number of para-hydroxylation sites is 1. The predicted octanol–water partition coefficient (Wildman–Crippen LogP) is 3.22. The van der Waals surface area contributed by atoms with Crippen LogP contribution in [0.1, 0.15) is 11.3 Å². The lowest BCUT2D eigenvalue weighted by Crippen LogP contribution is -2.20. The van der Waals surface area contributed by atoms with E-state index in [9.17, 15) is 4.79 Å². The van der Waals surface area contributed by atoms with Crippen LogP contribution in [0.4, 0.5) is 0 Å². The first-order valence-corrected chi connectivity index (χ1v) is 7.10. The molecule has 0 aliphatic rings. The van der Waals surface area contributed by atoms with Gasteiger partial charge in [-0.05, 0) is 46.9 Å². The van der Waals surface area contributed by atoms with Crippen molar-refractivity contribution in [2.75, 3.05) is 7.11 Å². The quantitative estimate of drug-likeness (QED) is 0.637. The second kappa shape index (κ2) is 7.14. The maximum Gasteiger partial charge on any atom is 0.244 e. The molecular weight excluding hydrogens is 369 g/mol. The van der Waals surface area contributed by atoms with Crippen molar-refractivity contribution in [3.8, 4) is 5.75 Å². The Morgan fingerprint density at radius 3 is 2.85 bits per heavy atom. The Bertz CT molecular complexity index is 619. The molecule has 1 amide bonds. The highest BCUT2D eigenvalue weighted by Gasteiger charge is 2.03. The molecule has 0 aliphatic heterocycles. The first-order valence-electron chi connectivity index (χ1n) is 6.02. The maximum atomic E-state index is 11.7. The number of benzene rings is 1. The van der Waals surface area contributed by atoms with Gasteiger partial charge in [0.05, 0.1) is 7.11 Å². The van der Waals surface area contributed by atoms with Gasteiger partial charge in [-0.3, -0.25) is 4.79 Å². The van der Waals surface area contributed by atoms with Crippen molar-refractivity contribution in [2.24, 2.45) is 0 Å². The number of amides is 1. The van der Waals surface area contributed by atoms with E-state index in [0.29, 0.717) is 12.3 Å². The fraction of sp³-hybridized carbons (Fsp3) is 0.133. The third-order valence-electron chi connectivity index (χ3n) is 2.64. The van der Waals surface area contributed by atoms with E-state index in [1.807, 2.05) is 36.4 Å². The number of rotatable bonds is 5. The van der Waals surface area contributed by atoms with E-state index < -0.39 is 0 Å². The van der Waals surface area contributed by atoms with Gasteiger partial charge in [-0.25, -0.2) is 0 Å². The van der Waals surface area contributed by atoms with Crippen molar-refractivity contribution in [3.05, 3.63) is 57.6 Å². The largest absolute Gasteiger partial charge is 0.496 e. The summed E-state index contributed by atoms with van der Waals surface area (Å²) in [6.45, 7) is 0.420.